The van der Waals surface area contributed by atoms with Gasteiger partial charge in [0.05, 0.1) is 0 Å². The molecule has 0 saturated carbocycles. The molecule has 2 rings (SSSR count). The molecule has 1 fully saturated rings. The van der Waals surface area contributed by atoms with Crippen LogP contribution in [-0.2, 0) is 16.1 Å². The molecule has 1 aliphatic rings. The quantitative estimate of drug-likeness (QED) is 0.728. The van der Waals surface area contributed by atoms with Gasteiger partial charge >= 0.3 is 0 Å². The predicted octanol–water partition coefficient (Wildman–Crippen LogP) is -0.858. The van der Waals surface area contributed by atoms with E-state index in [0.29, 0.717) is 6.54 Å². The highest BCUT2D eigenvalue weighted by Crippen LogP contribution is 2.03. The molecule has 0 radical (unpaired) electrons. The van der Waals surface area contributed by atoms with E-state index in [4.69, 9.17) is 0 Å². The van der Waals surface area contributed by atoms with Gasteiger partial charge in [-0.1, -0.05) is 13.3 Å². The standard InChI is InChI=1S/C13H16N4O4/c1-2-3-6-17-12(20)5-4-9(15-17)13(21)16-7-10(18)14-11(19)8-16/h4-5H,2-3,6-8H2,1H3,(H,14,18,19). The lowest BCUT2D eigenvalue weighted by Crippen LogP contribution is -2.53. The lowest BCUT2D eigenvalue weighted by molar-refractivity contribution is -0.135. The maximum absolute atomic E-state index is 12.2. The van der Waals surface area contributed by atoms with E-state index in [-0.39, 0.29) is 24.3 Å². The molecule has 8 nitrogen and oxygen atoms in total. The summed E-state index contributed by atoms with van der Waals surface area (Å²) in [6, 6.07) is 2.58. The van der Waals surface area contributed by atoms with Crippen molar-refractivity contribution in [1.82, 2.24) is 20.0 Å². The van der Waals surface area contributed by atoms with Crippen LogP contribution in [0.5, 0.6) is 0 Å². The topological polar surface area (TPSA) is 101 Å². The van der Waals surface area contributed by atoms with Crippen molar-refractivity contribution in [3.8, 4) is 0 Å². The average molecular weight is 292 g/mol. The average Bonchev–Trinajstić information content (AvgIpc) is 2.44. The van der Waals surface area contributed by atoms with Crippen molar-refractivity contribution in [2.75, 3.05) is 13.1 Å². The first kappa shape index (κ1) is 14.9. The van der Waals surface area contributed by atoms with Crippen LogP contribution < -0.4 is 10.9 Å². The number of amides is 3. The van der Waals surface area contributed by atoms with Crippen molar-refractivity contribution in [2.24, 2.45) is 0 Å². The fourth-order valence-corrected chi connectivity index (χ4v) is 1.97. The van der Waals surface area contributed by atoms with Gasteiger partial charge in [-0.3, -0.25) is 24.5 Å². The summed E-state index contributed by atoms with van der Waals surface area (Å²) in [6.07, 6.45) is 1.67. The van der Waals surface area contributed by atoms with Gasteiger partial charge in [0.1, 0.15) is 18.8 Å². The van der Waals surface area contributed by atoms with Gasteiger partial charge in [-0.05, 0) is 12.5 Å². The molecule has 0 bridgehead atoms. The highest BCUT2D eigenvalue weighted by atomic mass is 16.2. The molecule has 1 aromatic rings. The Morgan fingerprint density at radius 2 is 1.90 bits per heavy atom. The number of piperazine rings is 1. The van der Waals surface area contributed by atoms with Gasteiger partial charge in [0.15, 0.2) is 0 Å². The molecular formula is C13H16N4O4. The van der Waals surface area contributed by atoms with Crippen molar-refractivity contribution in [1.29, 1.82) is 0 Å². The van der Waals surface area contributed by atoms with E-state index < -0.39 is 17.7 Å². The highest BCUT2D eigenvalue weighted by molar-refractivity contribution is 6.05. The number of hydrogen-bond donors (Lipinski definition) is 1. The summed E-state index contributed by atoms with van der Waals surface area (Å²) in [6.45, 7) is 2.02. The van der Waals surface area contributed by atoms with E-state index in [1.165, 1.54) is 16.8 Å². The van der Waals surface area contributed by atoms with Crippen LogP contribution in [0.15, 0.2) is 16.9 Å². The second-order valence-corrected chi connectivity index (χ2v) is 4.77. The predicted molar refractivity (Wildman–Crippen MR) is 72.5 cm³/mol. The van der Waals surface area contributed by atoms with E-state index in [0.717, 1.165) is 17.7 Å². The Morgan fingerprint density at radius 1 is 1.24 bits per heavy atom. The summed E-state index contributed by atoms with van der Waals surface area (Å²) in [4.78, 5) is 47.6. The van der Waals surface area contributed by atoms with Gasteiger partial charge in [0.25, 0.3) is 11.5 Å². The fourth-order valence-electron chi connectivity index (χ4n) is 1.97. The van der Waals surface area contributed by atoms with Crippen LogP contribution in [0, 0.1) is 0 Å². The van der Waals surface area contributed by atoms with Crippen molar-refractivity contribution < 1.29 is 14.4 Å². The molecule has 0 spiro atoms. The van der Waals surface area contributed by atoms with E-state index in [1.54, 1.807) is 0 Å². The number of carbonyl (C=O) groups is 3. The number of nitrogens with one attached hydrogen (secondary N) is 1. The second-order valence-electron chi connectivity index (χ2n) is 4.77. The number of hydrogen-bond acceptors (Lipinski definition) is 5. The number of aryl methyl sites for hydroxylation is 1. The number of nitrogens with zero attached hydrogens (tertiary/aromatic N) is 3. The Hall–Kier alpha value is -2.51. The van der Waals surface area contributed by atoms with Crippen LogP contribution in [0.3, 0.4) is 0 Å². The van der Waals surface area contributed by atoms with Gasteiger partial charge < -0.3 is 4.90 Å². The summed E-state index contributed by atoms with van der Waals surface area (Å²) in [5.41, 5.74) is -0.235. The van der Waals surface area contributed by atoms with Gasteiger partial charge in [-0.25, -0.2) is 4.68 Å². The summed E-state index contributed by atoms with van der Waals surface area (Å²) in [5, 5.41) is 6.12. The van der Waals surface area contributed by atoms with Crippen LogP contribution in [0.25, 0.3) is 0 Å². The van der Waals surface area contributed by atoms with Crippen LogP contribution in [0.1, 0.15) is 30.3 Å². The minimum Gasteiger partial charge on any atom is -0.319 e. The fraction of sp³-hybridized carbons (Fsp3) is 0.462. The lowest BCUT2D eigenvalue weighted by atomic mass is 10.3. The number of aromatic nitrogens is 2. The van der Waals surface area contributed by atoms with E-state index >= 15 is 0 Å². The third kappa shape index (κ3) is 3.53. The second kappa shape index (κ2) is 6.29. The molecule has 2 heterocycles. The van der Waals surface area contributed by atoms with Gasteiger partial charge in [-0.15, -0.1) is 0 Å². The molecule has 21 heavy (non-hydrogen) atoms. The Kier molecular flexibility index (Phi) is 4.46. The molecule has 1 N–H and O–H groups in total. The summed E-state index contributed by atoms with van der Waals surface area (Å²) < 4.78 is 1.22. The van der Waals surface area contributed by atoms with Crippen molar-refractivity contribution in [3.63, 3.8) is 0 Å². The molecule has 1 aliphatic heterocycles. The third-order valence-electron chi connectivity index (χ3n) is 3.04. The van der Waals surface area contributed by atoms with E-state index in [2.05, 4.69) is 10.4 Å². The Labute approximate surface area is 120 Å². The first-order valence-electron chi connectivity index (χ1n) is 6.71. The molecule has 1 saturated heterocycles. The maximum atomic E-state index is 12.2. The zero-order valence-electron chi connectivity index (χ0n) is 11.7. The lowest BCUT2D eigenvalue weighted by Gasteiger charge is -2.25. The molecule has 8 heteroatoms. The first-order valence-corrected chi connectivity index (χ1v) is 6.71. The third-order valence-corrected chi connectivity index (χ3v) is 3.04. The molecule has 0 aromatic carbocycles. The van der Waals surface area contributed by atoms with Crippen LogP contribution in [0.2, 0.25) is 0 Å². The minimum atomic E-state index is -0.538. The van der Waals surface area contributed by atoms with Gasteiger partial charge in [-0.2, -0.15) is 5.10 Å². The molecule has 112 valence electrons. The Morgan fingerprint density at radius 3 is 2.52 bits per heavy atom. The van der Waals surface area contributed by atoms with E-state index in [9.17, 15) is 19.2 Å². The number of carbonyl (C=O) groups excluding carboxylic acids is 3. The van der Waals surface area contributed by atoms with Gasteiger partial charge in [0.2, 0.25) is 11.8 Å². The Bertz CT molecular complexity index is 621. The van der Waals surface area contributed by atoms with Crippen LogP contribution in [-0.4, -0.2) is 45.5 Å². The SMILES string of the molecule is CCCCn1nc(C(=O)N2CC(=O)NC(=O)C2)ccc1=O. The van der Waals surface area contributed by atoms with Crippen molar-refractivity contribution in [2.45, 2.75) is 26.3 Å². The maximum Gasteiger partial charge on any atom is 0.275 e. The zero-order valence-corrected chi connectivity index (χ0v) is 11.7. The van der Waals surface area contributed by atoms with Gasteiger partial charge in [0, 0.05) is 12.6 Å². The highest BCUT2D eigenvalue weighted by Gasteiger charge is 2.28. The van der Waals surface area contributed by atoms with Crippen LogP contribution >= 0.6 is 0 Å². The molecule has 3 amide bonds. The van der Waals surface area contributed by atoms with E-state index in [1.807, 2.05) is 6.92 Å². The molecule has 0 aliphatic carbocycles. The largest absolute Gasteiger partial charge is 0.319 e. The number of imide groups is 1. The smallest absolute Gasteiger partial charge is 0.275 e. The zero-order chi connectivity index (χ0) is 15.4. The molecule has 0 unspecified atom stereocenters. The van der Waals surface area contributed by atoms with Crippen molar-refractivity contribution in [3.05, 3.63) is 28.2 Å². The molecule has 1 aromatic heterocycles. The van der Waals surface area contributed by atoms with Crippen molar-refractivity contribution >= 4 is 17.7 Å². The number of rotatable bonds is 4. The summed E-state index contributed by atoms with van der Waals surface area (Å²) in [7, 11) is 0. The molecule has 0 atom stereocenters. The Balaban J connectivity index is 2.20. The first-order chi connectivity index (χ1) is 10.0. The van der Waals surface area contributed by atoms with Crippen LogP contribution in [0.4, 0.5) is 0 Å². The summed E-state index contributed by atoms with van der Waals surface area (Å²) >= 11 is 0. The normalized spacial score (nSPS) is 15.0. The minimum absolute atomic E-state index is 0.0493. The summed E-state index contributed by atoms with van der Waals surface area (Å²) in [5.74, 6) is -1.60. The monoisotopic (exact) mass is 292 g/mol. The molecular weight excluding hydrogens is 276 g/mol. The number of unbranched alkanes of at least 4 members (excludes halogenated alkanes) is 1.